The first-order valence-corrected chi connectivity index (χ1v) is 5.10. The van der Waals surface area contributed by atoms with Gasteiger partial charge in [-0.3, -0.25) is 4.68 Å². The lowest BCUT2D eigenvalue weighted by molar-refractivity contribution is -0.117. The molecular formula is C11H18N2O. The van der Waals surface area contributed by atoms with E-state index in [9.17, 15) is 4.79 Å². The fraction of sp³-hybridized carbons (Fsp3) is 0.636. The van der Waals surface area contributed by atoms with Gasteiger partial charge in [0.25, 0.3) is 0 Å². The van der Waals surface area contributed by atoms with Crippen molar-refractivity contribution in [1.82, 2.24) is 9.78 Å². The lowest BCUT2D eigenvalue weighted by atomic mass is 10.2. The van der Waals surface area contributed by atoms with Crippen molar-refractivity contribution in [2.45, 2.75) is 46.6 Å². The van der Waals surface area contributed by atoms with Crippen molar-refractivity contribution in [3.63, 3.8) is 0 Å². The molecule has 0 fully saturated rings. The highest BCUT2D eigenvalue weighted by molar-refractivity contribution is 5.75. The predicted octanol–water partition coefficient (Wildman–Crippen LogP) is 2.26. The summed E-state index contributed by atoms with van der Waals surface area (Å²) in [6.07, 6.45) is 2.69. The Morgan fingerprint density at radius 3 is 2.64 bits per heavy atom. The highest BCUT2D eigenvalue weighted by Gasteiger charge is 2.00. The van der Waals surface area contributed by atoms with Gasteiger partial charge in [0.15, 0.2) is 0 Å². The average Bonchev–Trinajstić information content (AvgIpc) is 2.39. The van der Waals surface area contributed by atoms with Crippen LogP contribution in [0.2, 0.25) is 0 Å². The third-order valence-corrected chi connectivity index (χ3v) is 2.25. The fourth-order valence-corrected chi connectivity index (χ4v) is 1.54. The fourth-order valence-electron chi connectivity index (χ4n) is 1.54. The second kappa shape index (κ2) is 4.94. The van der Waals surface area contributed by atoms with E-state index in [1.165, 1.54) is 5.69 Å². The largest absolute Gasteiger partial charge is 0.300 e. The van der Waals surface area contributed by atoms with Gasteiger partial charge in [0.1, 0.15) is 5.78 Å². The molecule has 3 heteroatoms. The predicted molar refractivity (Wildman–Crippen MR) is 56.2 cm³/mol. The van der Waals surface area contributed by atoms with E-state index in [1.54, 1.807) is 6.92 Å². The quantitative estimate of drug-likeness (QED) is 0.674. The lowest BCUT2D eigenvalue weighted by Crippen LogP contribution is -2.03. The van der Waals surface area contributed by atoms with Crippen LogP contribution in [0.3, 0.4) is 0 Å². The summed E-state index contributed by atoms with van der Waals surface area (Å²) in [6.45, 7) is 6.63. The zero-order valence-corrected chi connectivity index (χ0v) is 9.21. The highest BCUT2D eigenvalue weighted by Crippen LogP contribution is 2.05. The van der Waals surface area contributed by atoms with E-state index >= 15 is 0 Å². The number of carbonyl (C=O) groups excluding carboxylic acids is 1. The third kappa shape index (κ3) is 3.32. The summed E-state index contributed by atoms with van der Waals surface area (Å²) in [5.41, 5.74) is 2.26. The average molecular weight is 194 g/mol. The number of hydrogen-bond acceptors (Lipinski definition) is 2. The molecule has 0 aliphatic heterocycles. The third-order valence-electron chi connectivity index (χ3n) is 2.25. The smallest absolute Gasteiger partial charge is 0.129 e. The Labute approximate surface area is 85.1 Å². The molecule has 0 spiro atoms. The first-order valence-electron chi connectivity index (χ1n) is 5.10. The highest BCUT2D eigenvalue weighted by atomic mass is 16.1. The minimum Gasteiger partial charge on any atom is -0.300 e. The Kier molecular flexibility index (Phi) is 3.86. The van der Waals surface area contributed by atoms with E-state index in [0.717, 1.165) is 25.1 Å². The van der Waals surface area contributed by atoms with Crippen molar-refractivity contribution in [3.05, 3.63) is 17.5 Å². The molecule has 14 heavy (non-hydrogen) atoms. The van der Waals surface area contributed by atoms with Crippen LogP contribution in [0, 0.1) is 13.8 Å². The van der Waals surface area contributed by atoms with E-state index < -0.39 is 0 Å². The molecule has 78 valence electrons. The van der Waals surface area contributed by atoms with Gasteiger partial charge in [-0.1, -0.05) is 0 Å². The summed E-state index contributed by atoms with van der Waals surface area (Å²) >= 11 is 0. The van der Waals surface area contributed by atoms with Gasteiger partial charge in [-0.15, -0.1) is 0 Å². The van der Waals surface area contributed by atoms with E-state index in [0.29, 0.717) is 6.42 Å². The topological polar surface area (TPSA) is 34.9 Å². The Bertz CT molecular complexity index is 315. The molecule has 0 aromatic carbocycles. The number of nitrogens with zero attached hydrogens (tertiary/aromatic N) is 2. The van der Waals surface area contributed by atoms with Crippen LogP contribution in [0.1, 0.15) is 37.6 Å². The van der Waals surface area contributed by atoms with Crippen LogP contribution in [0.5, 0.6) is 0 Å². The zero-order chi connectivity index (χ0) is 10.6. The van der Waals surface area contributed by atoms with E-state index in [4.69, 9.17) is 0 Å². The van der Waals surface area contributed by atoms with Crippen LogP contribution < -0.4 is 0 Å². The maximum atomic E-state index is 10.7. The molecule has 0 bridgehead atoms. The molecule has 1 heterocycles. The number of carbonyl (C=O) groups is 1. The number of ketones is 1. The number of unbranched alkanes of at least 4 members (excludes halogenated alkanes) is 1. The Balaban J connectivity index is 2.31. The summed E-state index contributed by atoms with van der Waals surface area (Å²) in [7, 11) is 0. The zero-order valence-electron chi connectivity index (χ0n) is 9.21. The first-order chi connectivity index (χ1) is 6.59. The van der Waals surface area contributed by atoms with E-state index in [2.05, 4.69) is 18.1 Å². The van der Waals surface area contributed by atoms with Crippen LogP contribution in [0.25, 0.3) is 0 Å². The minimum absolute atomic E-state index is 0.276. The van der Waals surface area contributed by atoms with Crippen molar-refractivity contribution in [2.24, 2.45) is 0 Å². The molecule has 0 saturated carbocycles. The molecule has 1 aromatic heterocycles. The molecule has 0 atom stereocenters. The maximum absolute atomic E-state index is 10.7. The Morgan fingerprint density at radius 2 is 2.14 bits per heavy atom. The molecule has 0 aliphatic rings. The monoisotopic (exact) mass is 194 g/mol. The second-order valence-corrected chi connectivity index (χ2v) is 3.81. The molecule has 0 aliphatic carbocycles. The molecule has 3 nitrogen and oxygen atoms in total. The summed E-state index contributed by atoms with van der Waals surface area (Å²) in [6, 6.07) is 2.07. The number of rotatable bonds is 5. The standard InChI is InChI=1S/C11H18N2O/c1-9-8-10(2)13(12-9)7-5-4-6-11(3)14/h8H,4-7H2,1-3H3. The number of aromatic nitrogens is 2. The van der Waals surface area contributed by atoms with Crippen LogP contribution in [0.4, 0.5) is 0 Å². The first kappa shape index (κ1) is 11.0. The summed E-state index contributed by atoms with van der Waals surface area (Å²) in [5, 5.41) is 4.36. The minimum atomic E-state index is 0.276. The van der Waals surface area contributed by atoms with Crippen LogP contribution in [-0.2, 0) is 11.3 Å². The SMILES string of the molecule is CC(=O)CCCCn1nc(C)cc1C. The summed E-state index contributed by atoms with van der Waals surface area (Å²) in [4.78, 5) is 10.7. The van der Waals surface area contributed by atoms with Gasteiger partial charge in [0.2, 0.25) is 0 Å². The molecule has 0 amide bonds. The van der Waals surface area contributed by atoms with Gasteiger partial charge < -0.3 is 4.79 Å². The van der Waals surface area contributed by atoms with Crippen molar-refractivity contribution in [2.75, 3.05) is 0 Å². The van der Waals surface area contributed by atoms with Crippen LogP contribution in [0.15, 0.2) is 6.07 Å². The van der Waals surface area contributed by atoms with Crippen LogP contribution in [-0.4, -0.2) is 15.6 Å². The van der Waals surface area contributed by atoms with Gasteiger partial charge in [-0.25, -0.2) is 0 Å². The van der Waals surface area contributed by atoms with Gasteiger partial charge >= 0.3 is 0 Å². The summed E-state index contributed by atoms with van der Waals surface area (Å²) in [5.74, 6) is 0.276. The second-order valence-electron chi connectivity index (χ2n) is 3.81. The van der Waals surface area contributed by atoms with Gasteiger partial charge in [-0.05, 0) is 39.7 Å². The molecule has 1 rings (SSSR count). The lowest BCUT2D eigenvalue weighted by Gasteiger charge is -2.02. The molecular weight excluding hydrogens is 176 g/mol. The van der Waals surface area contributed by atoms with E-state index in [-0.39, 0.29) is 5.78 Å². The molecule has 0 radical (unpaired) electrons. The normalized spacial score (nSPS) is 10.5. The molecule has 0 saturated heterocycles. The van der Waals surface area contributed by atoms with Crippen molar-refractivity contribution < 1.29 is 4.79 Å². The van der Waals surface area contributed by atoms with Crippen LogP contribution >= 0.6 is 0 Å². The van der Waals surface area contributed by atoms with E-state index in [1.807, 2.05) is 11.6 Å². The van der Waals surface area contributed by atoms with Crippen molar-refractivity contribution >= 4 is 5.78 Å². The molecule has 0 N–H and O–H groups in total. The number of hydrogen-bond donors (Lipinski definition) is 0. The Morgan fingerprint density at radius 1 is 1.43 bits per heavy atom. The molecule has 0 unspecified atom stereocenters. The number of aryl methyl sites for hydroxylation is 3. The molecule has 1 aromatic rings. The van der Waals surface area contributed by atoms with Gasteiger partial charge in [0, 0.05) is 18.7 Å². The van der Waals surface area contributed by atoms with Gasteiger partial charge in [0.05, 0.1) is 5.69 Å². The Hall–Kier alpha value is -1.12. The van der Waals surface area contributed by atoms with Crippen molar-refractivity contribution in [3.8, 4) is 0 Å². The number of Topliss-reactive ketones (excluding diaryl/α,β-unsaturated/α-hetero) is 1. The van der Waals surface area contributed by atoms with Crippen molar-refractivity contribution in [1.29, 1.82) is 0 Å². The summed E-state index contributed by atoms with van der Waals surface area (Å²) < 4.78 is 2.01. The van der Waals surface area contributed by atoms with Gasteiger partial charge in [-0.2, -0.15) is 5.10 Å². The maximum Gasteiger partial charge on any atom is 0.129 e.